The van der Waals surface area contributed by atoms with Crippen LogP contribution in [0.1, 0.15) is 97.5 Å². The third-order valence-corrected chi connectivity index (χ3v) is 15.7. The molecule has 3 saturated heterocycles. The number of allylic oxidation sites excluding steroid dienone is 4. The number of anilines is 1. The van der Waals surface area contributed by atoms with E-state index in [2.05, 4.69) is 10.6 Å². The van der Waals surface area contributed by atoms with Crippen LogP contribution in [0, 0.1) is 5.92 Å². The Morgan fingerprint density at radius 3 is 2.42 bits per heavy atom. The number of carbonyl (C=O) groups excluding carboxylic acids is 9. The zero-order chi connectivity index (χ0) is 57.2. The number of carbonyl (C=O) groups is 9. The number of esters is 1. The van der Waals surface area contributed by atoms with E-state index >= 15 is 0 Å². The molecule has 1 aliphatic carbocycles. The maximum atomic E-state index is 14.4. The Morgan fingerprint density at radius 2 is 1.73 bits per heavy atom. The molecular formula is C53H71ClN6O17S. The standard InChI is InChI=1S/C53H71ClN6O17S/c1-30-16-15-19-39(72-9)53(70)28-38(74-49(67)56-53)31(2)46-52(4,76-46)40(27-44(64)59(7)36-25-33(24-30)26-37(71-8)45(36)54)75-47(65)32(3)58(6)41(61)22-23-78-50(68)55-35(48(66)77-60-42(62)20-21-43(60)63)29-57(5)51(69)73-34-17-13-11-10-12-14-18-34/h13,15-17,19,25-26,31-32,34-35,38-40,46,70H,10-12,14,18,20-24,27-29H2,1-9H3,(H,55,68)(H,56,67)/b17-13+,19-15+,30-16+/t31-,32+,34?,35?,38+,39-,40+,46+,52?,53+/m1/s1. The molecule has 0 saturated carbocycles. The van der Waals surface area contributed by atoms with Crippen LogP contribution in [-0.4, -0.2) is 175 Å². The minimum Gasteiger partial charge on any atom is -0.495 e. The van der Waals surface area contributed by atoms with Gasteiger partial charge in [0.2, 0.25) is 11.8 Å². The number of likely N-dealkylation sites (N-methyl/N-ethyl adjacent to an activating group) is 2. The van der Waals surface area contributed by atoms with Crippen molar-refractivity contribution >= 4 is 82.0 Å². The number of imide groups is 1. The number of hydrogen-bond donors (Lipinski definition) is 3. The van der Waals surface area contributed by atoms with Crippen LogP contribution in [0.25, 0.3) is 0 Å². The van der Waals surface area contributed by atoms with Crippen molar-refractivity contribution in [3.05, 3.63) is 58.7 Å². The van der Waals surface area contributed by atoms with Crippen LogP contribution in [0.5, 0.6) is 5.75 Å². The fourth-order valence-electron chi connectivity index (χ4n) is 9.59. The molecule has 7 amide bonds. The Kier molecular flexibility index (Phi) is 20.8. The molecule has 23 nitrogen and oxygen atoms in total. The normalized spacial score (nSPS) is 28.8. The van der Waals surface area contributed by atoms with E-state index < -0.39 is 126 Å². The summed E-state index contributed by atoms with van der Waals surface area (Å²) in [4.78, 5) is 128. The molecule has 3 unspecified atom stereocenters. The summed E-state index contributed by atoms with van der Waals surface area (Å²) in [6.45, 7) is 6.20. The van der Waals surface area contributed by atoms with Crippen LogP contribution in [0.3, 0.4) is 0 Å². The smallest absolute Gasteiger partial charge is 0.410 e. The molecule has 0 radical (unpaired) electrons. The van der Waals surface area contributed by atoms with Gasteiger partial charge in [0.1, 0.15) is 52.9 Å². The Labute approximate surface area is 462 Å². The van der Waals surface area contributed by atoms with Gasteiger partial charge in [-0.05, 0) is 76.6 Å². The number of nitrogens with zero attached hydrogens (tertiary/aromatic N) is 4. The van der Waals surface area contributed by atoms with Crippen LogP contribution in [0.4, 0.5) is 20.1 Å². The van der Waals surface area contributed by atoms with Gasteiger partial charge in [0, 0.05) is 65.6 Å². The van der Waals surface area contributed by atoms with E-state index in [0.29, 0.717) is 41.1 Å². The first-order valence-corrected chi connectivity index (χ1v) is 27.2. The van der Waals surface area contributed by atoms with E-state index in [-0.39, 0.29) is 36.5 Å². The Hall–Kier alpha value is -6.21. The summed E-state index contributed by atoms with van der Waals surface area (Å²) in [5, 5.41) is 16.5. The second kappa shape index (κ2) is 26.6. The van der Waals surface area contributed by atoms with Gasteiger partial charge in [0.25, 0.3) is 17.1 Å². The van der Waals surface area contributed by atoms with E-state index in [9.17, 15) is 48.3 Å². The van der Waals surface area contributed by atoms with Crippen molar-refractivity contribution in [3.8, 4) is 5.75 Å². The van der Waals surface area contributed by atoms with Crippen molar-refractivity contribution < 1.29 is 81.5 Å². The molecule has 4 aliphatic heterocycles. The number of aliphatic hydroxyl groups is 1. The number of methoxy groups -OCH3 is 2. The number of fused-ring (bicyclic) bond motifs is 5. The Bertz CT molecular complexity index is 2550. The number of benzene rings is 1. The lowest BCUT2D eigenvalue weighted by Gasteiger charge is -2.42. The number of amides is 7. The van der Waals surface area contributed by atoms with Crippen molar-refractivity contribution in [2.75, 3.05) is 52.6 Å². The van der Waals surface area contributed by atoms with Gasteiger partial charge >= 0.3 is 24.1 Å². The van der Waals surface area contributed by atoms with Gasteiger partial charge < -0.3 is 58.4 Å². The number of nitrogens with one attached hydrogen (secondary N) is 2. The molecule has 10 atom stereocenters. The van der Waals surface area contributed by atoms with Gasteiger partial charge in [-0.2, -0.15) is 0 Å². The highest BCUT2D eigenvalue weighted by atomic mass is 35.5. The summed E-state index contributed by atoms with van der Waals surface area (Å²) < 4.78 is 35.0. The monoisotopic (exact) mass is 1130 g/mol. The highest BCUT2D eigenvalue weighted by Gasteiger charge is 2.64. The molecule has 428 valence electrons. The predicted octanol–water partition coefficient (Wildman–Crippen LogP) is 5.28. The zero-order valence-electron chi connectivity index (χ0n) is 45.4. The molecule has 0 aromatic heterocycles. The van der Waals surface area contributed by atoms with Crippen LogP contribution in [0.15, 0.2) is 48.1 Å². The first-order valence-electron chi connectivity index (χ1n) is 25.8. The maximum Gasteiger partial charge on any atom is 0.410 e. The number of hydroxylamine groups is 2. The van der Waals surface area contributed by atoms with Crippen LogP contribution >= 0.6 is 23.4 Å². The van der Waals surface area contributed by atoms with E-state index in [1.807, 2.05) is 19.1 Å². The first-order chi connectivity index (χ1) is 36.9. The van der Waals surface area contributed by atoms with Gasteiger partial charge in [-0.3, -0.25) is 29.3 Å². The van der Waals surface area contributed by atoms with E-state index in [4.69, 9.17) is 44.9 Å². The molecule has 4 bridgehead atoms. The summed E-state index contributed by atoms with van der Waals surface area (Å²) in [5.41, 5.74) is -1.37. The fraction of sp³-hybridized carbons (Fsp3) is 0.604. The predicted molar refractivity (Wildman–Crippen MR) is 283 cm³/mol. The molecule has 6 rings (SSSR count). The largest absolute Gasteiger partial charge is 0.495 e. The minimum absolute atomic E-state index is 0.135. The van der Waals surface area contributed by atoms with E-state index in [1.54, 1.807) is 44.2 Å². The van der Waals surface area contributed by atoms with Gasteiger partial charge in [0.15, 0.2) is 5.72 Å². The first kappa shape index (κ1) is 61.0. The number of alkyl carbamates (subject to hydrolysis) is 1. The van der Waals surface area contributed by atoms with Gasteiger partial charge in [0.05, 0.1) is 31.9 Å². The average Bonchev–Trinajstić information content (AvgIpc) is 4.14. The molecule has 1 aromatic carbocycles. The number of thioether (sulfide) groups is 1. The molecule has 25 heteroatoms. The Morgan fingerprint density at radius 1 is 1.01 bits per heavy atom. The second-order valence-corrected chi connectivity index (χ2v) is 21.8. The highest BCUT2D eigenvalue weighted by Crippen LogP contribution is 2.49. The van der Waals surface area contributed by atoms with E-state index in [0.717, 1.165) is 46.6 Å². The quantitative estimate of drug-likeness (QED) is 0.0702. The van der Waals surface area contributed by atoms with Crippen molar-refractivity contribution in [1.29, 1.82) is 0 Å². The lowest BCUT2D eigenvalue weighted by atomic mass is 9.83. The van der Waals surface area contributed by atoms with Crippen LogP contribution < -0.4 is 20.3 Å². The SMILES string of the molecule is COc1cc2cc(c1Cl)N(C)C(=O)C[C@H](OC(=O)[C@H](C)N(C)C(=O)CCSC(=O)NC(CN(C)C(=O)OC1/C=C/CCCCC1)C(=O)ON1C(=O)CCC1=O)C1(C)O[C@H]1[C@H](C)[C@@H]1C[C@@](O)(NC(=O)O1)[C@H](OC)/C=C/C=C(\C)C2. The number of ether oxygens (including phenoxy) is 6. The number of rotatable bonds is 14. The summed E-state index contributed by atoms with van der Waals surface area (Å²) in [5.74, 6) is -5.26. The molecular weight excluding hydrogens is 1060 g/mol. The van der Waals surface area contributed by atoms with Crippen molar-refractivity contribution in [1.82, 2.24) is 25.5 Å². The third kappa shape index (κ3) is 15.1. The van der Waals surface area contributed by atoms with Crippen molar-refractivity contribution in [2.24, 2.45) is 5.92 Å². The number of hydrogen-bond acceptors (Lipinski definition) is 18. The van der Waals surface area contributed by atoms with Crippen molar-refractivity contribution in [2.45, 2.75) is 152 Å². The topological polar surface area (TPSA) is 279 Å². The Balaban J connectivity index is 1.15. The zero-order valence-corrected chi connectivity index (χ0v) is 47.0. The molecule has 78 heavy (non-hydrogen) atoms. The van der Waals surface area contributed by atoms with Gasteiger partial charge in [-0.15, -0.1) is 5.06 Å². The van der Waals surface area contributed by atoms with Crippen LogP contribution in [0.2, 0.25) is 5.02 Å². The third-order valence-electron chi connectivity index (χ3n) is 14.6. The molecule has 4 heterocycles. The van der Waals surface area contributed by atoms with Gasteiger partial charge in [-0.25, -0.2) is 19.2 Å². The number of epoxide rings is 1. The van der Waals surface area contributed by atoms with Gasteiger partial charge in [-0.1, -0.05) is 66.6 Å². The van der Waals surface area contributed by atoms with E-state index in [1.165, 1.54) is 47.2 Å². The summed E-state index contributed by atoms with van der Waals surface area (Å²) in [7, 11) is 7.05. The molecule has 3 fully saturated rings. The fourth-order valence-corrected chi connectivity index (χ4v) is 10.6. The maximum absolute atomic E-state index is 14.4. The second-order valence-electron chi connectivity index (χ2n) is 20.3. The lowest BCUT2D eigenvalue weighted by molar-refractivity contribution is -0.199. The summed E-state index contributed by atoms with van der Waals surface area (Å²) in [6, 6.07) is 0.644. The molecule has 3 N–H and O–H groups in total. The van der Waals surface area contributed by atoms with Crippen LogP contribution in [-0.2, 0) is 63.7 Å². The molecule has 1 aromatic rings. The average molecular weight is 1130 g/mol. The minimum atomic E-state index is -1.91. The highest BCUT2D eigenvalue weighted by molar-refractivity contribution is 8.13. The lowest BCUT2D eigenvalue weighted by Crippen LogP contribution is -2.63. The summed E-state index contributed by atoms with van der Waals surface area (Å²) in [6.07, 6.45) is 6.04. The summed E-state index contributed by atoms with van der Waals surface area (Å²) >= 11 is 7.42. The molecule has 0 spiro atoms. The molecule has 5 aliphatic rings. The number of halogens is 1. The van der Waals surface area contributed by atoms with Crippen molar-refractivity contribution in [3.63, 3.8) is 0 Å².